The van der Waals surface area contributed by atoms with Gasteiger partial charge in [0.2, 0.25) is 5.69 Å². The number of nitrogens with one attached hydrogen (secondary N) is 1. The second kappa shape index (κ2) is 6.39. The van der Waals surface area contributed by atoms with E-state index in [1.165, 1.54) is 0 Å². The van der Waals surface area contributed by atoms with Gasteiger partial charge in [-0.25, -0.2) is 4.63 Å². The Bertz CT molecular complexity index is 431. The number of rotatable bonds is 6. The Morgan fingerprint density at radius 1 is 1.67 bits per heavy atom. The summed E-state index contributed by atoms with van der Waals surface area (Å²) in [4.78, 5) is 11.3. The standard InChI is InChI=1S/C8H13N5O5/c1-4(2-14)10-5(15)3-17-8-6(7(9)11-16)12-18-13-8/h4,14,16H,2-3H2,1H3,(H2,9,11)(H,10,15)/t4-/m1/s1. The maximum atomic E-state index is 11.3. The zero-order chi connectivity index (χ0) is 13.5. The van der Waals surface area contributed by atoms with Gasteiger partial charge in [-0.05, 0) is 17.2 Å². The van der Waals surface area contributed by atoms with Crippen molar-refractivity contribution in [3.63, 3.8) is 0 Å². The summed E-state index contributed by atoms with van der Waals surface area (Å²) in [6.07, 6.45) is 0. The smallest absolute Gasteiger partial charge is 0.287 e. The van der Waals surface area contributed by atoms with Gasteiger partial charge in [0.15, 0.2) is 12.4 Å². The highest BCUT2D eigenvalue weighted by Gasteiger charge is 2.17. The summed E-state index contributed by atoms with van der Waals surface area (Å²) in [5.74, 6) is -0.988. The minimum atomic E-state index is -0.468. The molecule has 0 unspecified atom stereocenters. The highest BCUT2D eigenvalue weighted by molar-refractivity contribution is 5.97. The minimum absolute atomic E-state index is 0.111. The van der Waals surface area contributed by atoms with Crippen LogP contribution in [0.4, 0.5) is 0 Å². The van der Waals surface area contributed by atoms with Crippen LogP contribution in [0.1, 0.15) is 12.6 Å². The van der Waals surface area contributed by atoms with E-state index in [0.29, 0.717) is 0 Å². The van der Waals surface area contributed by atoms with E-state index in [0.717, 1.165) is 0 Å². The van der Waals surface area contributed by atoms with Gasteiger partial charge in [-0.2, -0.15) is 0 Å². The summed E-state index contributed by atoms with van der Waals surface area (Å²) in [7, 11) is 0. The predicted octanol–water partition coefficient (Wildman–Crippen LogP) is -1.96. The van der Waals surface area contributed by atoms with Gasteiger partial charge in [0.25, 0.3) is 11.8 Å². The third-order valence-corrected chi connectivity index (χ3v) is 1.83. The van der Waals surface area contributed by atoms with Gasteiger partial charge in [0, 0.05) is 6.04 Å². The number of amides is 1. The highest BCUT2D eigenvalue weighted by atomic mass is 16.6. The number of aliphatic hydroxyl groups excluding tert-OH is 1. The molecule has 0 spiro atoms. The van der Waals surface area contributed by atoms with Crippen LogP contribution >= 0.6 is 0 Å². The molecular weight excluding hydrogens is 246 g/mol. The monoisotopic (exact) mass is 259 g/mol. The second-order valence-electron chi connectivity index (χ2n) is 3.34. The molecule has 10 nitrogen and oxygen atoms in total. The SMILES string of the molecule is C[C@H](CO)NC(=O)COc1nonc1/C(N)=N/O. The summed E-state index contributed by atoms with van der Waals surface area (Å²) in [5, 5.41) is 29.0. The van der Waals surface area contributed by atoms with Gasteiger partial charge >= 0.3 is 0 Å². The molecule has 5 N–H and O–H groups in total. The van der Waals surface area contributed by atoms with Crippen LogP contribution in [0.25, 0.3) is 0 Å². The Morgan fingerprint density at radius 3 is 3.00 bits per heavy atom. The maximum absolute atomic E-state index is 11.3. The van der Waals surface area contributed by atoms with E-state index < -0.39 is 5.91 Å². The van der Waals surface area contributed by atoms with Crippen LogP contribution in [0.5, 0.6) is 5.88 Å². The number of oxime groups is 1. The zero-order valence-corrected chi connectivity index (χ0v) is 9.53. The van der Waals surface area contributed by atoms with E-state index in [1.807, 2.05) is 0 Å². The number of nitrogens with two attached hydrogens (primary N) is 1. The Morgan fingerprint density at radius 2 is 2.39 bits per heavy atom. The third kappa shape index (κ3) is 3.59. The topological polar surface area (TPSA) is 156 Å². The first-order valence-corrected chi connectivity index (χ1v) is 4.92. The molecule has 1 rings (SSSR count). The van der Waals surface area contributed by atoms with Crippen molar-refractivity contribution in [1.29, 1.82) is 0 Å². The lowest BCUT2D eigenvalue weighted by atomic mass is 10.3. The first-order valence-electron chi connectivity index (χ1n) is 4.92. The summed E-state index contributed by atoms with van der Waals surface area (Å²) in [5.41, 5.74) is 5.16. The van der Waals surface area contributed by atoms with Crippen LogP contribution in [0.2, 0.25) is 0 Å². The molecule has 1 amide bonds. The molecule has 0 aliphatic carbocycles. The molecule has 0 aliphatic heterocycles. The number of hydrogen-bond donors (Lipinski definition) is 4. The first-order chi connectivity index (χ1) is 8.58. The zero-order valence-electron chi connectivity index (χ0n) is 9.53. The lowest BCUT2D eigenvalue weighted by Gasteiger charge is -2.10. The van der Waals surface area contributed by atoms with Crippen LogP contribution in [0.15, 0.2) is 9.78 Å². The van der Waals surface area contributed by atoms with Gasteiger partial charge in [-0.1, -0.05) is 5.16 Å². The highest BCUT2D eigenvalue weighted by Crippen LogP contribution is 2.11. The van der Waals surface area contributed by atoms with Crippen LogP contribution < -0.4 is 15.8 Å². The molecule has 18 heavy (non-hydrogen) atoms. The van der Waals surface area contributed by atoms with Gasteiger partial charge in [-0.15, -0.1) is 0 Å². The van der Waals surface area contributed by atoms with Crippen LogP contribution in [-0.2, 0) is 4.79 Å². The van der Waals surface area contributed by atoms with Crippen molar-refractivity contribution in [1.82, 2.24) is 15.6 Å². The molecule has 0 bridgehead atoms. The van der Waals surface area contributed by atoms with Crippen molar-refractivity contribution in [3.05, 3.63) is 5.69 Å². The average Bonchev–Trinajstić information content (AvgIpc) is 2.83. The average molecular weight is 259 g/mol. The maximum Gasteiger partial charge on any atom is 0.287 e. The van der Waals surface area contributed by atoms with E-state index in [9.17, 15) is 4.79 Å². The molecule has 1 heterocycles. The number of carbonyl (C=O) groups excluding carboxylic acids is 1. The van der Waals surface area contributed by atoms with Gasteiger partial charge in [0.05, 0.1) is 6.61 Å². The number of aliphatic hydroxyl groups is 1. The number of amidine groups is 1. The van der Waals surface area contributed by atoms with Crippen LogP contribution in [0.3, 0.4) is 0 Å². The second-order valence-corrected chi connectivity index (χ2v) is 3.34. The Balaban J connectivity index is 2.54. The van der Waals surface area contributed by atoms with Crippen molar-refractivity contribution < 1.29 is 24.5 Å². The predicted molar refractivity (Wildman–Crippen MR) is 57.0 cm³/mol. The molecule has 100 valence electrons. The largest absolute Gasteiger partial charge is 0.464 e. The van der Waals surface area contributed by atoms with E-state index in [-0.39, 0.29) is 36.7 Å². The van der Waals surface area contributed by atoms with Crippen molar-refractivity contribution in [2.75, 3.05) is 13.2 Å². The molecule has 1 aromatic rings. The van der Waals surface area contributed by atoms with Crippen molar-refractivity contribution in [2.45, 2.75) is 13.0 Å². The Hall–Kier alpha value is -2.36. The van der Waals surface area contributed by atoms with Gasteiger partial charge in [-0.3, -0.25) is 4.79 Å². The molecule has 1 atom stereocenters. The number of nitrogens with zero attached hydrogens (tertiary/aromatic N) is 3. The summed E-state index contributed by atoms with van der Waals surface area (Å²) in [6.45, 7) is 1.06. The van der Waals surface area contributed by atoms with E-state index in [4.69, 9.17) is 20.8 Å². The summed E-state index contributed by atoms with van der Waals surface area (Å²) >= 11 is 0. The lowest BCUT2D eigenvalue weighted by Crippen LogP contribution is -2.38. The van der Waals surface area contributed by atoms with E-state index >= 15 is 0 Å². The van der Waals surface area contributed by atoms with Crippen molar-refractivity contribution in [3.8, 4) is 5.88 Å². The van der Waals surface area contributed by atoms with Crippen molar-refractivity contribution >= 4 is 11.7 Å². The molecule has 0 aromatic carbocycles. The van der Waals surface area contributed by atoms with E-state index in [2.05, 4.69) is 25.4 Å². The van der Waals surface area contributed by atoms with Gasteiger partial charge in [0.1, 0.15) is 0 Å². The molecule has 0 radical (unpaired) electrons. The summed E-state index contributed by atoms with van der Waals surface area (Å²) < 4.78 is 9.31. The van der Waals surface area contributed by atoms with Crippen LogP contribution in [-0.4, -0.2) is 51.6 Å². The fraction of sp³-hybridized carbons (Fsp3) is 0.500. The van der Waals surface area contributed by atoms with Crippen LogP contribution in [0, 0.1) is 0 Å². The lowest BCUT2D eigenvalue weighted by molar-refractivity contribution is -0.124. The number of hydrogen-bond acceptors (Lipinski definition) is 8. The Labute approximate surface area is 101 Å². The summed E-state index contributed by atoms with van der Waals surface area (Å²) in [6, 6.07) is -0.389. The molecule has 0 saturated heterocycles. The quantitative estimate of drug-likeness (QED) is 0.198. The normalized spacial score (nSPS) is 13.1. The number of aromatic nitrogens is 2. The van der Waals surface area contributed by atoms with Gasteiger partial charge < -0.3 is 26.1 Å². The molecule has 1 aromatic heterocycles. The third-order valence-electron chi connectivity index (χ3n) is 1.83. The number of ether oxygens (including phenoxy) is 1. The molecule has 0 fully saturated rings. The first kappa shape index (κ1) is 13.7. The van der Waals surface area contributed by atoms with Crippen molar-refractivity contribution in [2.24, 2.45) is 10.9 Å². The Kier molecular flexibility index (Phi) is 4.87. The molecule has 0 saturated carbocycles. The molecule has 0 aliphatic rings. The molecular formula is C8H13N5O5. The minimum Gasteiger partial charge on any atom is -0.464 e. The molecule has 10 heteroatoms. The number of carbonyl (C=O) groups is 1. The fourth-order valence-electron chi connectivity index (χ4n) is 0.975. The fourth-order valence-corrected chi connectivity index (χ4v) is 0.975. The van der Waals surface area contributed by atoms with E-state index in [1.54, 1.807) is 6.92 Å².